The van der Waals surface area contributed by atoms with Crippen LogP contribution >= 0.6 is 0 Å². The highest BCUT2D eigenvalue weighted by Gasteiger charge is 2.44. The zero-order chi connectivity index (χ0) is 19.3. The SMILES string of the molecule is CC(C)[Si](OCC#Cc1c(CCN)cc2ccccn12)(C(C)C)C(C)C. The third-order valence-corrected chi connectivity index (χ3v) is 11.5. The topological polar surface area (TPSA) is 39.7 Å². The predicted octanol–water partition coefficient (Wildman–Crippen LogP) is 4.98. The van der Waals surface area contributed by atoms with Gasteiger partial charge in [-0.05, 0) is 59.3 Å². The Morgan fingerprint density at radius 2 is 1.73 bits per heavy atom. The molecule has 0 amide bonds. The number of pyridine rings is 1. The molecule has 2 rings (SSSR count). The van der Waals surface area contributed by atoms with Crippen LogP contribution in [0.25, 0.3) is 5.52 Å². The van der Waals surface area contributed by atoms with Gasteiger partial charge in [0.2, 0.25) is 8.32 Å². The van der Waals surface area contributed by atoms with Crippen molar-refractivity contribution >= 4 is 13.8 Å². The predicted molar refractivity (Wildman–Crippen MR) is 114 cm³/mol. The minimum atomic E-state index is -1.86. The fourth-order valence-corrected chi connectivity index (χ4v) is 9.77. The average Bonchev–Trinajstić information content (AvgIpc) is 2.91. The van der Waals surface area contributed by atoms with Crippen molar-refractivity contribution in [2.24, 2.45) is 5.73 Å². The largest absolute Gasteiger partial charge is 0.405 e. The Bertz CT molecular complexity index is 758. The molecule has 0 saturated heterocycles. The monoisotopic (exact) mass is 370 g/mol. The van der Waals surface area contributed by atoms with E-state index in [1.165, 1.54) is 5.56 Å². The van der Waals surface area contributed by atoms with E-state index in [4.69, 9.17) is 10.2 Å². The number of hydrogen-bond donors (Lipinski definition) is 1. The Hall–Kier alpha value is -1.54. The lowest BCUT2D eigenvalue weighted by molar-refractivity contribution is 0.322. The van der Waals surface area contributed by atoms with Crippen molar-refractivity contribution in [2.75, 3.05) is 13.2 Å². The highest BCUT2D eigenvalue weighted by Crippen LogP contribution is 2.42. The first-order chi connectivity index (χ1) is 12.3. The van der Waals surface area contributed by atoms with E-state index in [1.54, 1.807) is 0 Å². The number of aromatic nitrogens is 1. The summed E-state index contributed by atoms with van der Waals surface area (Å²) in [4.78, 5) is 0. The molecule has 0 unspecified atom stereocenters. The molecular formula is C22H34N2OSi. The van der Waals surface area contributed by atoms with Crippen molar-refractivity contribution in [2.45, 2.75) is 64.6 Å². The molecule has 2 heterocycles. The third-order valence-electron chi connectivity index (χ3n) is 5.48. The molecule has 0 saturated carbocycles. The van der Waals surface area contributed by atoms with E-state index in [-0.39, 0.29) is 0 Å². The number of hydrogen-bond acceptors (Lipinski definition) is 2. The number of fused-ring (bicyclic) bond motifs is 1. The number of nitrogens with zero attached hydrogens (tertiary/aromatic N) is 1. The molecule has 2 aromatic heterocycles. The van der Waals surface area contributed by atoms with E-state index in [9.17, 15) is 0 Å². The molecular weight excluding hydrogens is 336 g/mol. The molecule has 0 bridgehead atoms. The van der Waals surface area contributed by atoms with E-state index in [2.05, 4.69) is 82.2 Å². The summed E-state index contributed by atoms with van der Waals surface area (Å²) >= 11 is 0. The highest BCUT2D eigenvalue weighted by atomic mass is 28.4. The summed E-state index contributed by atoms with van der Waals surface area (Å²) in [6.45, 7) is 15.0. The Kier molecular flexibility index (Phi) is 7.11. The van der Waals surface area contributed by atoms with Crippen LogP contribution in [-0.4, -0.2) is 25.9 Å². The minimum Gasteiger partial charge on any atom is -0.405 e. The summed E-state index contributed by atoms with van der Waals surface area (Å²) in [5.74, 6) is 6.66. The van der Waals surface area contributed by atoms with Crippen molar-refractivity contribution in [1.29, 1.82) is 0 Å². The fourth-order valence-electron chi connectivity index (χ4n) is 4.45. The number of rotatable bonds is 7. The highest BCUT2D eigenvalue weighted by molar-refractivity contribution is 6.77. The van der Waals surface area contributed by atoms with Gasteiger partial charge in [-0.15, -0.1) is 0 Å². The Morgan fingerprint density at radius 3 is 2.31 bits per heavy atom. The quantitative estimate of drug-likeness (QED) is 0.551. The van der Waals surface area contributed by atoms with Gasteiger partial charge in [-0.25, -0.2) is 0 Å². The lowest BCUT2D eigenvalue weighted by Gasteiger charge is -2.41. The van der Waals surface area contributed by atoms with Gasteiger partial charge in [0, 0.05) is 11.7 Å². The standard InChI is InChI=1S/C22H34N2OSi/c1-17(2)26(18(3)4,19(5)6)25-15-9-11-22-20(12-13-23)16-21-10-7-8-14-24(21)22/h7-8,10,14,16-19H,12-13,15,23H2,1-6H3. The lowest BCUT2D eigenvalue weighted by Crippen LogP contribution is -2.47. The molecule has 2 N–H and O–H groups in total. The molecule has 0 spiro atoms. The van der Waals surface area contributed by atoms with Gasteiger partial charge in [0.05, 0.1) is 12.3 Å². The molecule has 0 aliphatic carbocycles. The molecule has 142 valence electrons. The van der Waals surface area contributed by atoms with Crippen LogP contribution in [0.15, 0.2) is 30.5 Å². The summed E-state index contributed by atoms with van der Waals surface area (Å²) in [7, 11) is -1.86. The lowest BCUT2D eigenvalue weighted by atomic mass is 10.2. The second-order valence-corrected chi connectivity index (χ2v) is 13.4. The molecule has 0 atom stereocenters. The summed E-state index contributed by atoms with van der Waals surface area (Å²) in [5.41, 5.74) is 10.9. The van der Waals surface area contributed by atoms with E-state index in [0.717, 1.165) is 17.6 Å². The smallest absolute Gasteiger partial charge is 0.201 e. The van der Waals surface area contributed by atoms with Gasteiger partial charge in [0.15, 0.2) is 0 Å². The Balaban J connectivity index is 2.27. The van der Waals surface area contributed by atoms with Gasteiger partial charge in [-0.3, -0.25) is 0 Å². The molecule has 2 aromatic rings. The van der Waals surface area contributed by atoms with Gasteiger partial charge in [0.1, 0.15) is 0 Å². The first-order valence-electron chi connectivity index (χ1n) is 9.76. The maximum atomic E-state index is 6.56. The van der Waals surface area contributed by atoms with Crippen LogP contribution in [0.1, 0.15) is 52.8 Å². The maximum absolute atomic E-state index is 6.56. The molecule has 3 nitrogen and oxygen atoms in total. The molecule has 0 aliphatic heterocycles. The third kappa shape index (κ3) is 4.06. The zero-order valence-electron chi connectivity index (χ0n) is 17.2. The van der Waals surface area contributed by atoms with Crippen LogP contribution in [0.4, 0.5) is 0 Å². The summed E-state index contributed by atoms with van der Waals surface area (Å²) < 4.78 is 8.70. The van der Waals surface area contributed by atoms with Gasteiger partial charge in [-0.1, -0.05) is 53.5 Å². The van der Waals surface area contributed by atoms with Crippen LogP contribution in [0.5, 0.6) is 0 Å². The molecule has 0 radical (unpaired) electrons. The Morgan fingerprint density at radius 1 is 1.08 bits per heavy atom. The van der Waals surface area contributed by atoms with Crippen molar-refractivity contribution in [3.63, 3.8) is 0 Å². The van der Waals surface area contributed by atoms with Gasteiger partial charge in [0.25, 0.3) is 0 Å². The summed E-state index contributed by atoms with van der Waals surface area (Å²) in [6, 6.07) is 8.38. The van der Waals surface area contributed by atoms with Crippen LogP contribution in [0.3, 0.4) is 0 Å². The van der Waals surface area contributed by atoms with Gasteiger partial charge >= 0.3 is 0 Å². The van der Waals surface area contributed by atoms with Crippen molar-refractivity contribution < 1.29 is 4.43 Å². The fraction of sp³-hybridized carbons (Fsp3) is 0.545. The number of nitrogens with two attached hydrogens (primary N) is 1. The molecule has 4 heteroatoms. The van der Waals surface area contributed by atoms with Crippen molar-refractivity contribution in [3.8, 4) is 11.8 Å². The molecule has 0 fully saturated rings. The maximum Gasteiger partial charge on any atom is 0.201 e. The van der Waals surface area contributed by atoms with E-state index in [0.29, 0.717) is 29.8 Å². The van der Waals surface area contributed by atoms with Crippen LogP contribution in [-0.2, 0) is 10.8 Å². The normalized spacial score (nSPS) is 12.2. The molecule has 0 aliphatic rings. The second-order valence-electron chi connectivity index (χ2n) is 7.96. The second kappa shape index (κ2) is 8.90. The first-order valence-corrected chi connectivity index (χ1v) is 11.9. The van der Waals surface area contributed by atoms with E-state index >= 15 is 0 Å². The van der Waals surface area contributed by atoms with Gasteiger partial charge in [-0.2, -0.15) is 0 Å². The average molecular weight is 371 g/mol. The van der Waals surface area contributed by atoms with Crippen LogP contribution < -0.4 is 5.73 Å². The van der Waals surface area contributed by atoms with Crippen molar-refractivity contribution in [1.82, 2.24) is 4.40 Å². The summed E-state index contributed by atoms with van der Waals surface area (Å²) in [5, 5.41) is 0. The summed E-state index contributed by atoms with van der Waals surface area (Å²) in [6.07, 6.45) is 2.91. The molecule has 0 aromatic carbocycles. The van der Waals surface area contributed by atoms with Crippen LogP contribution in [0.2, 0.25) is 16.6 Å². The zero-order valence-corrected chi connectivity index (χ0v) is 18.2. The van der Waals surface area contributed by atoms with E-state index < -0.39 is 8.32 Å². The van der Waals surface area contributed by atoms with Crippen LogP contribution in [0, 0.1) is 11.8 Å². The molecule has 26 heavy (non-hydrogen) atoms. The Labute approximate surface area is 160 Å². The van der Waals surface area contributed by atoms with Gasteiger partial charge < -0.3 is 14.6 Å². The first kappa shape index (κ1) is 20.8. The minimum absolute atomic E-state index is 0.503. The van der Waals surface area contributed by atoms with Crippen molar-refractivity contribution in [3.05, 3.63) is 41.7 Å². The van der Waals surface area contributed by atoms with E-state index in [1.807, 2.05) is 6.07 Å².